The van der Waals surface area contributed by atoms with E-state index in [-0.39, 0.29) is 15.8 Å². The zero-order valence-corrected chi connectivity index (χ0v) is 12.8. The molecule has 1 aromatic heterocycles. The van der Waals surface area contributed by atoms with Crippen LogP contribution in [0.25, 0.3) is 0 Å². The smallest absolute Gasteiger partial charge is 0.392 e. The molecule has 3 rings (SSSR count). The molecule has 0 saturated carbocycles. The summed E-state index contributed by atoms with van der Waals surface area (Å²) < 4.78 is 38.0. The predicted molar refractivity (Wildman–Crippen MR) is 73.1 cm³/mol. The van der Waals surface area contributed by atoms with E-state index in [0.29, 0.717) is 18.2 Å². The number of thiazole rings is 1. The standard InChI is InChI=1S/C11H11BrF3N3OS/c1-5-2-7(17-19-5)6-3-18(4-6)10-16-8(9(12)20-10)11(13,14)15/h5-6H,2-4H2,1H3. The number of hydrogen-bond donors (Lipinski definition) is 0. The van der Waals surface area contributed by atoms with E-state index in [1.165, 1.54) is 0 Å². The molecule has 0 amide bonds. The average molecular weight is 370 g/mol. The van der Waals surface area contributed by atoms with Gasteiger partial charge >= 0.3 is 6.18 Å². The number of anilines is 1. The molecule has 110 valence electrons. The van der Waals surface area contributed by atoms with E-state index in [4.69, 9.17) is 4.84 Å². The van der Waals surface area contributed by atoms with Crippen molar-refractivity contribution in [2.24, 2.45) is 11.1 Å². The molecule has 1 aromatic rings. The second-order valence-corrected chi connectivity index (χ2v) is 7.22. The number of oxime groups is 1. The molecule has 1 atom stereocenters. The molecule has 2 aliphatic rings. The Morgan fingerprint density at radius 3 is 2.60 bits per heavy atom. The maximum absolute atomic E-state index is 12.7. The van der Waals surface area contributed by atoms with Crippen LogP contribution in [0.4, 0.5) is 18.3 Å². The summed E-state index contributed by atoms with van der Waals surface area (Å²) in [5, 5.41) is 4.41. The molecular weight excluding hydrogens is 359 g/mol. The van der Waals surface area contributed by atoms with Crippen molar-refractivity contribution >= 4 is 38.1 Å². The summed E-state index contributed by atoms with van der Waals surface area (Å²) >= 11 is 3.94. The topological polar surface area (TPSA) is 37.7 Å². The third-order valence-electron chi connectivity index (χ3n) is 3.31. The highest BCUT2D eigenvalue weighted by atomic mass is 79.9. The first kappa shape index (κ1) is 14.1. The van der Waals surface area contributed by atoms with E-state index < -0.39 is 11.9 Å². The molecule has 1 saturated heterocycles. The van der Waals surface area contributed by atoms with Gasteiger partial charge < -0.3 is 9.74 Å². The number of hydrogen-bond acceptors (Lipinski definition) is 5. The Bertz CT molecular complexity index is 554. The number of halogens is 4. The molecule has 20 heavy (non-hydrogen) atoms. The van der Waals surface area contributed by atoms with E-state index in [1.807, 2.05) is 11.8 Å². The van der Waals surface area contributed by atoms with Crippen LogP contribution >= 0.6 is 27.3 Å². The molecule has 2 aliphatic heterocycles. The van der Waals surface area contributed by atoms with Gasteiger partial charge in [-0.3, -0.25) is 0 Å². The summed E-state index contributed by atoms with van der Waals surface area (Å²) in [6.45, 7) is 3.23. The minimum atomic E-state index is -4.42. The first-order valence-electron chi connectivity index (χ1n) is 6.05. The molecule has 1 unspecified atom stereocenters. The van der Waals surface area contributed by atoms with E-state index in [9.17, 15) is 13.2 Å². The van der Waals surface area contributed by atoms with Gasteiger partial charge in [0.15, 0.2) is 10.8 Å². The molecule has 4 nitrogen and oxygen atoms in total. The molecule has 0 radical (unpaired) electrons. The minimum absolute atomic E-state index is 0.0265. The van der Waals surface area contributed by atoms with Crippen LogP contribution in [0.15, 0.2) is 8.94 Å². The highest BCUT2D eigenvalue weighted by Gasteiger charge is 2.40. The number of alkyl halides is 3. The fraction of sp³-hybridized carbons (Fsp3) is 0.636. The normalized spacial score (nSPS) is 23.6. The van der Waals surface area contributed by atoms with Crippen LogP contribution in [0.5, 0.6) is 0 Å². The predicted octanol–water partition coefficient (Wildman–Crippen LogP) is 3.53. The van der Waals surface area contributed by atoms with Crippen molar-refractivity contribution in [3.63, 3.8) is 0 Å². The summed E-state index contributed by atoms with van der Waals surface area (Å²) in [7, 11) is 0. The summed E-state index contributed by atoms with van der Waals surface area (Å²) in [4.78, 5) is 10.6. The average Bonchev–Trinajstić information content (AvgIpc) is 2.83. The molecule has 0 aromatic carbocycles. The lowest BCUT2D eigenvalue weighted by molar-refractivity contribution is -0.141. The largest absolute Gasteiger partial charge is 0.435 e. The van der Waals surface area contributed by atoms with Gasteiger partial charge in [-0.1, -0.05) is 16.5 Å². The third-order valence-corrected chi connectivity index (χ3v) is 5.08. The van der Waals surface area contributed by atoms with Crippen molar-refractivity contribution in [1.29, 1.82) is 0 Å². The van der Waals surface area contributed by atoms with Gasteiger partial charge in [0.05, 0.1) is 5.71 Å². The second kappa shape index (κ2) is 4.87. The maximum Gasteiger partial charge on any atom is 0.435 e. The molecule has 9 heteroatoms. The van der Waals surface area contributed by atoms with Crippen LogP contribution in [-0.4, -0.2) is 29.9 Å². The summed E-state index contributed by atoms with van der Waals surface area (Å²) in [5.41, 5.74) is 0.150. The monoisotopic (exact) mass is 369 g/mol. The lowest BCUT2D eigenvalue weighted by Gasteiger charge is -2.38. The summed E-state index contributed by atoms with van der Waals surface area (Å²) in [5.74, 6) is 0.261. The highest BCUT2D eigenvalue weighted by Crippen LogP contribution is 2.42. The van der Waals surface area contributed by atoms with Gasteiger partial charge in [0.25, 0.3) is 0 Å². The van der Waals surface area contributed by atoms with E-state index >= 15 is 0 Å². The van der Waals surface area contributed by atoms with Gasteiger partial charge in [0.2, 0.25) is 0 Å². The van der Waals surface area contributed by atoms with E-state index in [0.717, 1.165) is 23.5 Å². The molecule has 0 aliphatic carbocycles. The Morgan fingerprint density at radius 1 is 1.40 bits per heavy atom. The molecule has 0 N–H and O–H groups in total. The number of aromatic nitrogens is 1. The SMILES string of the molecule is CC1CC(C2CN(c3nc(C(F)(F)F)c(Br)s3)C2)=NO1. The zero-order valence-electron chi connectivity index (χ0n) is 10.4. The van der Waals surface area contributed by atoms with Crippen LogP contribution in [-0.2, 0) is 11.0 Å². The van der Waals surface area contributed by atoms with Crippen LogP contribution in [0, 0.1) is 5.92 Å². The molecule has 1 fully saturated rings. The van der Waals surface area contributed by atoms with Crippen molar-refractivity contribution in [2.75, 3.05) is 18.0 Å². The second-order valence-electron chi connectivity index (χ2n) is 4.92. The quantitative estimate of drug-likeness (QED) is 0.800. The van der Waals surface area contributed by atoms with Crippen molar-refractivity contribution in [3.8, 4) is 0 Å². The Balaban J connectivity index is 1.66. The lowest BCUT2D eigenvalue weighted by atomic mass is 9.92. The van der Waals surface area contributed by atoms with Gasteiger partial charge in [0.1, 0.15) is 9.89 Å². The molecular formula is C11H11BrF3N3OS. The van der Waals surface area contributed by atoms with E-state index in [1.54, 1.807) is 0 Å². The number of nitrogens with zero attached hydrogens (tertiary/aromatic N) is 3. The minimum Gasteiger partial charge on any atom is -0.392 e. The van der Waals surface area contributed by atoms with Crippen molar-refractivity contribution < 1.29 is 18.0 Å². The first-order chi connectivity index (χ1) is 9.34. The van der Waals surface area contributed by atoms with Gasteiger partial charge in [-0.2, -0.15) is 13.2 Å². The van der Waals surface area contributed by atoms with Crippen LogP contribution in [0.3, 0.4) is 0 Å². The maximum atomic E-state index is 12.7. The third kappa shape index (κ3) is 2.52. The number of rotatable bonds is 2. The van der Waals surface area contributed by atoms with Gasteiger partial charge in [-0.05, 0) is 22.9 Å². The van der Waals surface area contributed by atoms with Crippen LogP contribution in [0.2, 0.25) is 0 Å². The lowest BCUT2D eigenvalue weighted by Crippen LogP contribution is -2.50. The van der Waals surface area contributed by atoms with Gasteiger partial charge in [0, 0.05) is 25.4 Å². The van der Waals surface area contributed by atoms with E-state index in [2.05, 4.69) is 26.1 Å². The Kier molecular flexibility index (Phi) is 3.44. The molecule has 0 bridgehead atoms. The summed E-state index contributed by atoms with van der Waals surface area (Å²) in [6.07, 6.45) is -3.52. The van der Waals surface area contributed by atoms with Crippen LogP contribution in [0.1, 0.15) is 19.0 Å². The van der Waals surface area contributed by atoms with Crippen molar-refractivity contribution in [2.45, 2.75) is 25.6 Å². The highest BCUT2D eigenvalue weighted by molar-refractivity contribution is 9.11. The first-order valence-corrected chi connectivity index (χ1v) is 7.66. The molecule has 3 heterocycles. The fourth-order valence-electron chi connectivity index (χ4n) is 2.21. The Morgan fingerprint density at radius 2 is 2.10 bits per heavy atom. The van der Waals surface area contributed by atoms with Crippen molar-refractivity contribution in [1.82, 2.24) is 4.98 Å². The van der Waals surface area contributed by atoms with Gasteiger partial charge in [-0.25, -0.2) is 4.98 Å². The van der Waals surface area contributed by atoms with Crippen molar-refractivity contribution in [3.05, 3.63) is 9.48 Å². The summed E-state index contributed by atoms with van der Waals surface area (Å²) in [6, 6.07) is 0. The fourth-order valence-corrected chi connectivity index (χ4v) is 3.80. The Labute approximate surface area is 125 Å². The zero-order chi connectivity index (χ0) is 14.5. The Hall–Kier alpha value is -0.830. The van der Waals surface area contributed by atoms with Crippen LogP contribution < -0.4 is 4.90 Å². The van der Waals surface area contributed by atoms with Gasteiger partial charge in [-0.15, -0.1) is 0 Å². The molecule has 0 spiro atoms.